The molecule has 0 saturated heterocycles. The van der Waals surface area contributed by atoms with Crippen LogP contribution in [0.1, 0.15) is 28.2 Å². The molecule has 29 heavy (non-hydrogen) atoms. The highest BCUT2D eigenvalue weighted by Gasteiger charge is 2.25. The predicted octanol–water partition coefficient (Wildman–Crippen LogP) is 1.38. The van der Waals surface area contributed by atoms with Crippen LogP contribution in [0.5, 0.6) is 0 Å². The second kappa shape index (κ2) is 7.63. The number of hydrogen-bond acceptors (Lipinski definition) is 5. The maximum Gasteiger partial charge on any atom is 0.305 e. The summed E-state index contributed by atoms with van der Waals surface area (Å²) in [6.07, 6.45) is -0.328. The summed E-state index contributed by atoms with van der Waals surface area (Å²) in [5.41, 5.74) is 3.51. The highest BCUT2D eigenvalue weighted by molar-refractivity contribution is 5.95. The standard InChI is InChI=1S/C20H19N5O4/c26-18(27)8-16-20(29)21-9-12-7-11(5-6-13(12)23-16)19(28)22-10-17-24-14-3-1-2-4-15(14)25-17/h1-7,16,23H,8-10H2,(H,21,29)(H,22,28)(H,24,25)(H,26,27)/t16-/m0/s1. The van der Waals surface area contributed by atoms with Crippen molar-refractivity contribution in [3.8, 4) is 0 Å². The van der Waals surface area contributed by atoms with E-state index < -0.39 is 12.0 Å². The Morgan fingerprint density at radius 3 is 2.83 bits per heavy atom. The number of aromatic amines is 1. The number of hydrogen-bond donors (Lipinski definition) is 5. The average molecular weight is 393 g/mol. The Bertz CT molecular complexity index is 1070. The second-order valence-electron chi connectivity index (χ2n) is 6.77. The van der Waals surface area contributed by atoms with E-state index in [1.165, 1.54) is 0 Å². The fraction of sp³-hybridized carbons (Fsp3) is 0.200. The first kappa shape index (κ1) is 18.5. The van der Waals surface area contributed by atoms with E-state index >= 15 is 0 Å². The minimum absolute atomic E-state index is 0.210. The largest absolute Gasteiger partial charge is 0.481 e. The van der Waals surface area contributed by atoms with Crippen LogP contribution in [0.2, 0.25) is 0 Å². The van der Waals surface area contributed by atoms with Gasteiger partial charge in [-0.2, -0.15) is 0 Å². The molecule has 1 atom stereocenters. The van der Waals surface area contributed by atoms with Gasteiger partial charge in [0, 0.05) is 17.8 Å². The van der Waals surface area contributed by atoms with Gasteiger partial charge in [0.05, 0.1) is 24.0 Å². The Morgan fingerprint density at radius 1 is 1.21 bits per heavy atom. The first-order chi connectivity index (χ1) is 14.0. The monoisotopic (exact) mass is 393 g/mol. The van der Waals surface area contributed by atoms with Crippen LogP contribution in [0.15, 0.2) is 42.5 Å². The Labute approximate surface area is 165 Å². The number of nitrogens with zero attached hydrogens (tertiary/aromatic N) is 1. The van der Waals surface area contributed by atoms with Crippen LogP contribution in [0.4, 0.5) is 5.69 Å². The van der Waals surface area contributed by atoms with E-state index in [-0.39, 0.29) is 31.3 Å². The molecule has 9 heteroatoms. The zero-order chi connectivity index (χ0) is 20.4. The summed E-state index contributed by atoms with van der Waals surface area (Å²) in [6, 6.07) is 11.7. The third kappa shape index (κ3) is 4.03. The van der Waals surface area contributed by atoms with E-state index in [1.807, 2.05) is 24.3 Å². The van der Waals surface area contributed by atoms with Gasteiger partial charge in [-0.15, -0.1) is 0 Å². The molecule has 0 radical (unpaired) electrons. The lowest BCUT2D eigenvalue weighted by Crippen LogP contribution is -2.38. The number of para-hydroxylation sites is 2. The summed E-state index contributed by atoms with van der Waals surface area (Å²) in [7, 11) is 0. The van der Waals surface area contributed by atoms with Crippen LogP contribution in [-0.4, -0.2) is 38.9 Å². The number of carbonyl (C=O) groups is 3. The van der Waals surface area contributed by atoms with Crippen molar-refractivity contribution in [2.45, 2.75) is 25.6 Å². The van der Waals surface area contributed by atoms with E-state index in [2.05, 4.69) is 25.9 Å². The number of carboxylic acids is 1. The fourth-order valence-corrected chi connectivity index (χ4v) is 3.25. The highest BCUT2D eigenvalue weighted by Crippen LogP contribution is 2.22. The number of amides is 2. The molecule has 2 heterocycles. The third-order valence-corrected chi connectivity index (χ3v) is 4.70. The zero-order valence-electron chi connectivity index (χ0n) is 15.4. The number of anilines is 1. The van der Waals surface area contributed by atoms with Crippen molar-refractivity contribution in [3.63, 3.8) is 0 Å². The lowest BCUT2D eigenvalue weighted by Gasteiger charge is -2.14. The molecule has 0 saturated carbocycles. The van der Waals surface area contributed by atoms with E-state index in [1.54, 1.807) is 18.2 Å². The summed E-state index contributed by atoms with van der Waals surface area (Å²) in [5, 5.41) is 17.4. The molecule has 1 aromatic heterocycles. The summed E-state index contributed by atoms with van der Waals surface area (Å²) in [4.78, 5) is 43.1. The maximum absolute atomic E-state index is 12.5. The van der Waals surface area contributed by atoms with Gasteiger partial charge in [-0.1, -0.05) is 12.1 Å². The number of fused-ring (bicyclic) bond motifs is 2. The minimum atomic E-state index is -1.07. The van der Waals surface area contributed by atoms with Gasteiger partial charge in [0.2, 0.25) is 5.91 Å². The molecule has 3 aromatic rings. The Balaban J connectivity index is 1.46. The van der Waals surface area contributed by atoms with Crippen LogP contribution in [0.3, 0.4) is 0 Å². The number of carbonyl (C=O) groups excluding carboxylic acids is 2. The average Bonchev–Trinajstić information content (AvgIpc) is 3.06. The molecule has 9 nitrogen and oxygen atoms in total. The molecular weight excluding hydrogens is 374 g/mol. The van der Waals surface area contributed by atoms with Crippen molar-refractivity contribution in [1.82, 2.24) is 20.6 Å². The van der Waals surface area contributed by atoms with E-state index in [0.29, 0.717) is 22.6 Å². The predicted molar refractivity (Wildman–Crippen MR) is 105 cm³/mol. The molecule has 5 N–H and O–H groups in total. The van der Waals surface area contributed by atoms with Gasteiger partial charge >= 0.3 is 5.97 Å². The number of nitrogens with one attached hydrogen (secondary N) is 4. The summed E-state index contributed by atoms with van der Waals surface area (Å²) in [6.45, 7) is 0.461. The Kier molecular flexibility index (Phi) is 4.86. The molecule has 0 bridgehead atoms. The van der Waals surface area contributed by atoms with Crippen molar-refractivity contribution < 1.29 is 19.5 Å². The SMILES string of the molecule is O=C(O)C[C@@H]1Nc2ccc(C(=O)NCc3nc4ccccc4[nH]3)cc2CNC1=O. The minimum Gasteiger partial charge on any atom is -0.481 e. The lowest BCUT2D eigenvalue weighted by molar-refractivity contribution is -0.139. The van der Waals surface area contributed by atoms with Crippen molar-refractivity contribution in [2.75, 3.05) is 5.32 Å². The number of rotatable bonds is 5. The molecule has 2 aromatic carbocycles. The topological polar surface area (TPSA) is 136 Å². The molecule has 2 amide bonds. The summed E-state index contributed by atoms with van der Waals surface area (Å²) >= 11 is 0. The molecule has 148 valence electrons. The van der Waals surface area contributed by atoms with Crippen molar-refractivity contribution in [3.05, 3.63) is 59.4 Å². The van der Waals surface area contributed by atoms with Gasteiger partial charge in [0.1, 0.15) is 11.9 Å². The number of carboxylic acid groups (broad SMARTS) is 1. The Morgan fingerprint density at radius 2 is 2.03 bits per heavy atom. The van der Waals surface area contributed by atoms with Crippen LogP contribution >= 0.6 is 0 Å². The number of imidazole rings is 1. The van der Waals surface area contributed by atoms with Gasteiger partial charge in [0.15, 0.2) is 0 Å². The van der Waals surface area contributed by atoms with E-state index in [4.69, 9.17) is 5.11 Å². The lowest BCUT2D eigenvalue weighted by atomic mass is 10.1. The van der Waals surface area contributed by atoms with Gasteiger partial charge in [0.25, 0.3) is 5.91 Å². The zero-order valence-corrected chi connectivity index (χ0v) is 15.4. The number of H-pyrrole nitrogens is 1. The van der Waals surface area contributed by atoms with Crippen LogP contribution in [0, 0.1) is 0 Å². The highest BCUT2D eigenvalue weighted by atomic mass is 16.4. The second-order valence-corrected chi connectivity index (χ2v) is 6.77. The normalized spacial score (nSPS) is 15.7. The van der Waals surface area contributed by atoms with Crippen molar-refractivity contribution in [1.29, 1.82) is 0 Å². The molecule has 1 aliphatic rings. The molecule has 0 unspecified atom stereocenters. The molecule has 4 rings (SSSR count). The smallest absolute Gasteiger partial charge is 0.305 e. The quantitative estimate of drug-likeness (QED) is 0.444. The summed E-state index contributed by atoms with van der Waals surface area (Å²) < 4.78 is 0. The van der Waals surface area contributed by atoms with Crippen LogP contribution in [-0.2, 0) is 22.7 Å². The van der Waals surface area contributed by atoms with Gasteiger partial charge in [-0.3, -0.25) is 14.4 Å². The molecular formula is C20H19N5O4. The number of benzene rings is 2. The fourth-order valence-electron chi connectivity index (χ4n) is 3.25. The van der Waals surface area contributed by atoms with Crippen molar-refractivity contribution >= 4 is 34.5 Å². The van der Waals surface area contributed by atoms with Gasteiger partial charge in [-0.25, -0.2) is 4.98 Å². The summed E-state index contributed by atoms with van der Waals surface area (Å²) in [5.74, 6) is -1.08. The number of aromatic nitrogens is 2. The van der Waals surface area contributed by atoms with E-state index in [9.17, 15) is 14.4 Å². The first-order valence-electron chi connectivity index (χ1n) is 9.10. The van der Waals surface area contributed by atoms with Gasteiger partial charge < -0.3 is 26.0 Å². The first-order valence-corrected chi connectivity index (χ1v) is 9.10. The molecule has 1 aliphatic heterocycles. The molecule has 0 spiro atoms. The van der Waals surface area contributed by atoms with Crippen LogP contribution < -0.4 is 16.0 Å². The third-order valence-electron chi connectivity index (χ3n) is 4.70. The Hall–Kier alpha value is -3.88. The number of aliphatic carboxylic acids is 1. The van der Waals surface area contributed by atoms with Gasteiger partial charge in [-0.05, 0) is 35.9 Å². The van der Waals surface area contributed by atoms with Crippen LogP contribution in [0.25, 0.3) is 11.0 Å². The maximum atomic E-state index is 12.5. The molecule has 0 fully saturated rings. The van der Waals surface area contributed by atoms with E-state index in [0.717, 1.165) is 11.0 Å². The van der Waals surface area contributed by atoms with Crippen molar-refractivity contribution in [2.24, 2.45) is 0 Å². The molecule has 0 aliphatic carbocycles.